The molecule has 0 saturated carbocycles. The molecule has 19 atom stereocenters. The second-order valence-corrected chi connectivity index (χ2v) is 34.7. The van der Waals surface area contributed by atoms with Gasteiger partial charge in [0.25, 0.3) is 0 Å². The van der Waals surface area contributed by atoms with E-state index in [0.717, 1.165) is 4.90 Å². The van der Waals surface area contributed by atoms with Crippen molar-refractivity contribution in [2.75, 3.05) is 43.9 Å². The summed E-state index contributed by atoms with van der Waals surface area (Å²) in [6, 6.07) is -23.4. The van der Waals surface area contributed by atoms with Gasteiger partial charge in [-0.3, -0.25) is 101 Å². The highest BCUT2D eigenvalue weighted by atomic mass is 32.2. The van der Waals surface area contributed by atoms with Gasteiger partial charge in [-0.2, -0.15) is 24.4 Å². The number of nitrogens with two attached hydrogens (primary N) is 4. The fraction of sp³-hybridized carbons (Fsp3) is 0.728. The first-order chi connectivity index (χ1) is 60.3. The molecule has 48 heteroatoms. The van der Waals surface area contributed by atoms with Crippen molar-refractivity contribution in [3.05, 3.63) is 0 Å². The van der Waals surface area contributed by atoms with Crippen LogP contribution in [-0.4, -0.2) is 291 Å². The molecule has 1 rings (SSSR count). The number of nitrogens with one attached hydrogen (secondary N) is 16. The lowest BCUT2D eigenvalue weighted by Crippen LogP contribution is -2.62. The quantitative estimate of drug-likeness (QED) is 0.0199. The lowest BCUT2D eigenvalue weighted by atomic mass is 9.96. The molecule has 46 nitrogen and oxygen atoms in total. The number of carbonyl (C=O) groups excluding carboxylic acids is 19. The third-order valence-electron chi connectivity index (χ3n) is 21.2. The molecule has 0 radical (unpaired) electrons. The topological polar surface area (TPSA) is 736 Å². The number of nitrogens with zero attached hydrogens (tertiary/aromatic N) is 1. The summed E-state index contributed by atoms with van der Waals surface area (Å²) < 4.78 is 0. The Balaban J connectivity index is 3.31. The maximum atomic E-state index is 14.3. The van der Waals surface area contributed by atoms with E-state index in [2.05, 4.69) is 97.7 Å². The predicted octanol–water partition coefficient (Wildman–Crippen LogP) is -5.76. The maximum Gasteiger partial charge on any atom is 0.326 e. The first kappa shape index (κ1) is 116. The van der Waals surface area contributed by atoms with Gasteiger partial charge in [-0.25, -0.2) is 4.79 Å². The number of thioether (sulfide) groups is 1. The van der Waals surface area contributed by atoms with Gasteiger partial charge in [-0.1, -0.05) is 102 Å². The fourth-order valence-corrected chi connectivity index (χ4v) is 13.8. The standard InChI is InChI=1S/C81H139N21O25S2/c1-16-41(10)63(100-73(118)51(32-57(85)104)96-78(123)64(42(11)17-2)101-74(119)52(33-60(107)108)91-59(106)36-87-76(121)62(40(8)9)98-79(124)65(43(12)18-3)99-67(112)45(14)88-68(113)46(83)24-25-56(84)103)77(122)89-44(13)66(111)97-54(37-128)80(125)102-28-21-23-55(102)75(120)86-35-58(105)90-47(26-29-129-15)69(114)93-50(31-39(6)7)71(116)95-53(34-61(109)110)72(117)94-49(30-38(4)5)70(115)92-48(81(126)127)22-19-20-27-82/h38-55,62-65,128H,16-37,82-83H2,1-15H3,(H2,84,103)(H2,85,104)(H,86,120)(H,87,121)(H,88,113)(H,89,122)(H,90,105)(H,91,106)(H,92,115)(H,93,114)(H,94,117)(H,95,116)(H,96,123)(H,97,111)(H,98,124)(H,99,112)(H,100,118)(H,101,119)(H,107,108)(H,109,110)(H,126,127)/t41-,42-,43-,44-,45-,46-,47-,48-,49-,50-,51-,52-,53-,54-,55-,62-,63-,64-,65-/m0/s1. The van der Waals surface area contributed by atoms with Crippen LogP contribution in [0.15, 0.2) is 0 Å². The van der Waals surface area contributed by atoms with Gasteiger partial charge in [-0.05, 0) is 126 Å². The number of primary amides is 2. The summed E-state index contributed by atoms with van der Waals surface area (Å²) >= 11 is 5.59. The Morgan fingerprint density at radius 3 is 1.25 bits per heavy atom. The molecule has 730 valence electrons. The van der Waals surface area contributed by atoms with Crippen molar-refractivity contribution in [2.24, 2.45) is 58.4 Å². The average molecular weight is 1870 g/mol. The van der Waals surface area contributed by atoms with Crippen LogP contribution in [0.25, 0.3) is 0 Å². The Bertz CT molecular complexity index is 3880. The van der Waals surface area contributed by atoms with Crippen LogP contribution in [0.2, 0.25) is 0 Å². The zero-order chi connectivity index (χ0) is 98.6. The Kier molecular flexibility index (Phi) is 53.2. The summed E-state index contributed by atoms with van der Waals surface area (Å²) in [7, 11) is 0. The molecular weight excluding hydrogens is 1730 g/mol. The zero-order valence-corrected chi connectivity index (χ0v) is 77.9. The van der Waals surface area contributed by atoms with E-state index in [1.807, 2.05) is 0 Å². The summed E-state index contributed by atoms with van der Waals surface area (Å²) in [5.41, 5.74) is 22.1. The van der Waals surface area contributed by atoms with E-state index < -0.39 is 283 Å². The van der Waals surface area contributed by atoms with Crippen molar-refractivity contribution < 1.29 is 121 Å². The number of hydrogen-bond acceptors (Lipinski definition) is 26. The highest BCUT2D eigenvalue weighted by Gasteiger charge is 2.43. The summed E-state index contributed by atoms with van der Waals surface area (Å²) in [5, 5.41) is 68.6. The number of likely N-dealkylation sites (tertiary alicyclic amines) is 1. The predicted molar refractivity (Wildman–Crippen MR) is 473 cm³/mol. The van der Waals surface area contributed by atoms with Crippen molar-refractivity contribution in [2.45, 2.75) is 296 Å². The van der Waals surface area contributed by atoms with E-state index in [9.17, 15) is 121 Å². The Morgan fingerprint density at radius 2 is 0.806 bits per heavy atom. The lowest BCUT2D eigenvalue weighted by Gasteiger charge is -2.30. The summed E-state index contributed by atoms with van der Waals surface area (Å²) in [4.78, 5) is 296. The van der Waals surface area contributed by atoms with Crippen molar-refractivity contribution >= 4 is 155 Å². The maximum absolute atomic E-state index is 14.3. The minimum atomic E-state index is -1.94. The molecule has 0 spiro atoms. The molecule has 0 aromatic rings. The fourth-order valence-electron chi connectivity index (χ4n) is 13.1. The van der Waals surface area contributed by atoms with Crippen LogP contribution in [0.5, 0.6) is 0 Å². The van der Waals surface area contributed by atoms with Crippen LogP contribution in [-0.2, 0) is 105 Å². The van der Waals surface area contributed by atoms with Gasteiger partial charge < -0.3 is 128 Å². The van der Waals surface area contributed by atoms with E-state index in [1.54, 1.807) is 82.4 Å². The third-order valence-corrected chi connectivity index (χ3v) is 22.2. The molecule has 0 aromatic carbocycles. The SMILES string of the molecule is CC[C@H](C)[C@H](NC(=O)[C@H](C)NC(=O)[C@@H](N)CCC(N)=O)C(=O)N[C@H](C(=O)NCC(=O)N[C@@H](CC(=O)O)C(=O)N[C@H](C(=O)N[C@@H](CC(N)=O)C(=O)N[C@H](C(=O)N[C@@H](C)C(=O)N[C@@H](CS)C(=O)N1CCC[C@H]1C(=O)NCC(=O)N[C@@H](CCSC)C(=O)N[C@@H](CC(C)C)C(=O)N[C@@H](CC(=O)O)C(=O)N[C@@H](CC(C)C)C(=O)N[C@@H](CCCCN)C(=O)O)[C@@H](C)CC)[C@@H](C)CC)C(C)C. The van der Waals surface area contributed by atoms with Crippen LogP contribution in [0.3, 0.4) is 0 Å². The van der Waals surface area contributed by atoms with Crippen LogP contribution < -0.4 is 108 Å². The summed E-state index contributed by atoms with van der Waals surface area (Å²) in [6.45, 7) is 20.8. The van der Waals surface area contributed by atoms with E-state index in [-0.39, 0.29) is 101 Å². The molecule has 0 aromatic heterocycles. The molecule has 1 aliphatic heterocycles. The van der Waals surface area contributed by atoms with Crippen LogP contribution >= 0.6 is 24.4 Å². The molecule has 19 amide bonds. The highest BCUT2D eigenvalue weighted by molar-refractivity contribution is 7.98. The van der Waals surface area contributed by atoms with Gasteiger partial charge in [-0.15, -0.1) is 0 Å². The van der Waals surface area contributed by atoms with Gasteiger partial charge in [0.2, 0.25) is 112 Å². The molecule has 0 bridgehead atoms. The zero-order valence-electron chi connectivity index (χ0n) is 76.2. The number of carboxylic acid groups (broad SMARTS) is 3. The molecule has 129 heavy (non-hydrogen) atoms. The number of unbranched alkanes of at least 4 members (excludes halogenated alkanes) is 1. The number of hydrogen-bond donors (Lipinski definition) is 24. The molecule has 1 fully saturated rings. The minimum Gasteiger partial charge on any atom is -0.481 e. The van der Waals surface area contributed by atoms with Crippen LogP contribution in [0.1, 0.15) is 200 Å². The average Bonchev–Trinajstić information content (AvgIpc) is 1.70. The van der Waals surface area contributed by atoms with Crippen LogP contribution in [0.4, 0.5) is 0 Å². The summed E-state index contributed by atoms with van der Waals surface area (Å²) in [5.74, 6) is -26.0. The molecular formula is C81H139N21O25S2. The Morgan fingerprint density at radius 1 is 0.419 bits per heavy atom. The number of amides is 19. The number of carbonyl (C=O) groups is 22. The molecule has 1 aliphatic rings. The Labute approximate surface area is 760 Å². The van der Waals surface area contributed by atoms with E-state index in [1.165, 1.54) is 32.5 Å². The molecule has 1 saturated heterocycles. The second-order valence-electron chi connectivity index (χ2n) is 33.4. The largest absolute Gasteiger partial charge is 0.481 e. The van der Waals surface area contributed by atoms with E-state index in [0.29, 0.717) is 19.3 Å². The van der Waals surface area contributed by atoms with Gasteiger partial charge in [0.1, 0.15) is 90.6 Å². The van der Waals surface area contributed by atoms with Gasteiger partial charge in [0.05, 0.1) is 38.4 Å². The summed E-state index contributed by atoms with van der Waals surface area (Å²) in [6.07, 6.45) is 0.256. The molecule has 27 N–H and O–H groups in total. The smallest absolute Gasteiger partial charge is 0.326 e. The van der Waals surface area contributed by atoms with Gasteiger partial charge in [0, 0.05) is 18.7 Å². The van der Waals surface area contributed by atoms with Gasteiger partial charge in [0.15, 0.2) is 0 Å². The number of carboxylic acids is 3. The van der Waals surface area contributed by atoms with Gasteiger partial charge >= 0.3 is 17.9 Å². The van der Waals surface area contributed by atoms with Crippen molar-refractivity contribution in [1.29, 1.82) is 0 Å². The second kappa shape index (κ2) is 59.2. The number of thiol groups is 1. The van der Waals surface area contributed by atoms with Crippen molar-refractivity contribution in [1.82, 2.24) is 90.0 Å². The first-order valence-electron chi connectivity index (χ1n) is 43.2. The van der Waals surface area contributed by atoms with Crippen molar-refractivity contribution in [3.63, 3.8) is 0 Å². The lowest BCUT2D eigenvalue weighted by molar-refractivity contribution is -0.143. The van der Waals surface area contributed by atoms with E-state index in [4.69, 9.17) is 22.9 Å². The molecule has 0 aliphatic carbocycles. The third kappa shape index (κ3) is 42.4. The molecule has 0 unspecified atom stereocenters. The Hall–Kier alpha value is -11.0. The monoisotopic (exact) mass is 1870 g/mol. The normalized spacial score (nSPS) is 16.6. The highest BCUT2D eigenvalue weighted by Crippen LogP contribution is 2.21. The first-order valence-corrected chi connectivity index (χ1v) is 45.2. The number of rotatable bonds is 62. The van der Waals surface area contributed by atoms with Crippen LogP contribution in [0, 0.1) is 35.5 Å². The minimum absolute atomic E-state index is 0.00667. The van der Waals surface area contributed by atoms with Crippen molar-refractivity contribution in [3.8, 4) is 0 Å². The number of aliphatic carboxylic acids is 3. The van der Waals surface area contributed by atoms with E-state index >= 15 is 0 Å². The molecule has 1 heterocycles.